The lowest BCUT2D eigenvalue weighted by molar-refractivity contribution is 0.0845. The van der Waals surface area contributed by atoms with Crippen LogP contribution in [-0.4, -0.2) is 10.9 Å². The molecule has 2 aromatic rings. The second kappa shape index (κ2) is 5.16. The highest BCUT2D eigenvalue weighted by Crippen LogP contribution is 2.39. The number of ether oxygens (including phenoxy) is 1. The molecule has 22 heavy (non-hydrogen) atoms. The Balaban J connectivity index is 1.90. The summed E-state index contributed by atoms with van der Waals surface area (Å²) in [4.78, 5) is 12.3. The minimum absolute atomic E-state index is 0.0102. The van der Waals surface area contributed by atoms with Gasteiger partial charge in [-0.3, -0.25) is 4.79 Å². The monoisotopic (exact) mass is 296 g/mol. The third-order valence-electron chi connectivity index (χ3n) is 4.07. The number of benzene rings is 2. The van der Waals surface area contributed by atoms with Crippen molar-refractivity contribution in [2.24, 2.45) is 0 Å². The number of hydrogen-bond donors (Lipinski definition) is 1. The molecule has 0 saturated carbocycles. The van der Waals surface area contributed by atoms with Crippen LogP contribution in [-0.2, 0) is 5.41 Å². The van der Waals surface area contributed by atoms with E-state index in [1.54, 1.807) is 12.1 Å². The number of fused-ring (bicyclic) bond motifs is 1. The molecular formula is C19H20O3. The molecule has 1 atom stereocenters. The lowest BCUT2D eigenvalue weighted by atomic mass is 9.86. The van der Waals surface area contributed by atoms with E-state index in [9.17, 15) is 9.90 Å². The molecule has 0 radical (unpaired) electrons. The Labute approximate surface area is 130 Å². The Kier molecular flexibility index (Phi) is 3.44. The van der Waals surface area contributed by atoms with Gasteiger partial charge in [-0.2, -0.15) is 0 Å². The van der Waals surface area contributed by atoms with Gasteiger partial charge in [-0.05, 0) is 28.7 Å². The maximum Gasteiger partial charge on any atom is 0.174 e. The van der Waals surface area contributed by atoms with E-state index in [2.05, 4.69) is 32.9 Å². The molecule has 1 aliphatic rings. The van der Waals surface area contributed by atoms with E-state index in [1.807, 2.05) is 12.1 Å². The molecule has 1 heterocycles. The summed E-state index contributed by atoms with van der Waals surface area (Å²) in [6.45, 7) is 6.50. The van der Waals surface area contributed by atoms with Crippen molar-refractivity contribution >= 4 is 5.78 Å². The van der Waals surface area contributed by atoms with Crippen LogP contribution in [0.5, 0.6) is 11.5 Å². The summed E-state index contributed by atoms with van der Waals surface area (Å²) in [5.41, 5.74) is 2.62. The summed E-state index contributed by atoms with van der Waals surface area (Å²) in [5, 5.41) is 9.81. The Hall–Kier alpha value is -2.29. The molecule has 0 fully saturated rings. The van der Waals surface area contributed by atoms with Crippen LogP contribution >= 0.6 is 0 Å². The van der Waals surface area contributed by atoms with Crippen molar-refractivity contribution in [1.82, 2.24) is 0 Å². The van der Waals surface area contributed by atoms with Crippen molar-refractivity contribution in [3.05, 3.63) is 59.2 Å². The van der Waals surface area contributed by atoms with Crippen molar-refractivity contribution in [2.45, 2.75) is 38.7 Å². The minimum atomic E-state index is -0.296. The van der Waals surface area contributed by atoms with E-state index in [-0.39, 0.29) is 29.5 Å². The van der Waals surface area contributed by atoms with Gasteiger partial charge >= 0.3 is 0 Å². The highest BCUT2D eigenvalue weighted by atomic mass is 16.5. The van der Waals surface area contributed by atoms with E-state index in [1.165, 1.54) is 11.6 Å². The smallest absolute Gasteiger partial charge is 0.174 e. The molecule has 0 bridgehead atoms. The predicted octanol–water partition coefficient (Wildman–Crippen LogP) is 4.40. The van der Waals surface area contributed by atoms with Gasteiger partial charge in [0.1, 0.15) is 23.2 Å². The van der Waals surface area contributed by atoms with Crippen molar-refractivity contribution in [3.63, 3.8) is 0 Å². The van der Waals surface area contributed by atoms with Crippen molar-refractivity contribution in [2.75, 3.05) is 0 Å². The molecule has 3 rings (SSSR count). The molecule has 0 amide bonds. The Morgan fingerprint density at radius 1 is 1.09 bits per heavy atom. The summed E-state index contributed by atoms with van der Waals surface area (Å²) >= 11 is 0. The zero-order valence-electron chi connectivity index (χ0n) is 13.1. The van der Waals surface area contributed by atoms with E-state index >= 15 is 0 Å². The lowest BCUT2D eigenvalue weighted by Gasteiger charge is -2.26. The van der Waals surface area contributed by atoms with E-state index in [0.29, 0.717) is 11.3 Å². The molecule has 0 spiro atoms. The van der Waals surface area contributed by atoms with Gasteiger partial charge in [0.25, 0.3) is 0 Å². The summed E-state index contributed by atoms with van der Waals surface area (Å²) in [7, 11) is 0. The molecule has 3 nitrogen and oxygen atoms in total. The topological polar surface area (TPSA) is 46.5 Å². The highest BCUT2D eigenvalue weighted by Gasteiger charge is 2.30. The fourth-order valence-corrected chi connectivity index (χ4v) is 2.75. The van der Waals surface area contributed by atoms with Gasteiger partial charge in [0, 0.05) is 0 Å². The van der Waals surface area contributed by atoms with Crippen molar-refractivity contribution < 1.29 is 14.6 Å². The molecule has 1 N–H and O–H groups in total. The lowest BCUT2D eigenvalue weighted by Crippen LogP contribution is -2.20. The number of carbonyl (C=O) groups is 1. The summed E-state index contributed by atoms with van der Waals surface area (Å²) in [5.74, 6) is 0.370. The van der Waals surface area contributed by atoms with Gasteiger partial charge in [-0.15, -0.1) is 0 Å². The largest absolute Gasteiger partial charge is 0.507 e. The number of phenols is 1. The standard InChI is InChI=1S/C19H20O3/c1-19(2,3)13-9-7-12(8-10-13)17-11-15(21)18-14(20)5-4-6-16(18)22-17/h4-10,17,20H,11H2,1-3H3. The first-order valence-corrected chi connectivity index (χ1v) is 7.48. The number of rotatable bonds is 1. The maximum atomic E-state index is 12.3. The van der Waals surface area contributed by atoms with Gasteiger partial charge in [-0.1, -0.05) is 51.1 Å². The van der Waals surface area contributed by atoms with Gasteiger partial charge in [0.2, 0.25) is 0 Å². The zero-order valence-corrected chi connectivity index (χ0v) is 13.1. The molecule has 0 aromatic heterocycles. The normalized spacial score (nSPS) is 17.8. The van der Waals surface area contributed by atoms with Crippen LogP contribution in [0, 0.1) is 0 Å². The quantitative estimate of drug-likeness (QED) is 0.848. The van der Waals surface area contributed by atoms with Crippen molar-refractivity contribution in [1.29, 1.82) is 0 Å². The van der Waals surface area contributed by atoms with Crippen LogP contribution in [0.3, 0.4) is 0 Å². The fourth-order valence-electron chi connectivity index (χ4n) is 2.75. The van der Waals surface area contributed by atoms with Crippen LogP contribution in [0.4, 0.5) is 0 Å². The first-order chi connectivity index (χ1) is 10.4. The predicted molar refractivity (Wildman–Crippen MR) is 85.6 cm³/mol. The summed E-state index contributed by atoms with van der Waals surface area (Å²) in [6, 6.07) is 13.1. The zero-order chi connectivity index (χ0) is 15.9. The van der Waals surface area contributed by atoms with Gasteiger partial charge < -0.3 is 9.84 Å². The fraction of sp³-hybridized carbons (Fsp3) is 0.316. The molecule has 0 aliphatic carbocycles. The first kappa shape index (κ1) is 14.6. The van der Waals surface area contributed by atoms with Crippen LogP contribution in [0.2, 0.25) is 0 Å². The van der Waals surface area contributed by atoms with Crippen LogP contribution in [0.25, 0.3) is 0 Å². The summed E-state index contributed by atoms with van der Waals surface area (Å²) < 4.78 is 5.91. The van der Waals surface area contributed by atoms with Gasteiger partial charge in [0.15, 0.2) is 5.78 Å². The van der Waals surface area contributed by atoms with Gasteiger partial charge in [-0.25, -0.2) is 0 Å². The minimum Gasteiger partial charge on any atom is -0.507 e. The Bertz CT molecular complexity index is 708. The maximum absolute atomic E-state index is 12.3. The Morgan fingerprint density at radius 2 is 1.77 bits per heavy atom. The molecule has 1 aliphatic heterocycles. The van der Waals surface area contributed by atoms with Crippen molar-refractivity contribution in [3.8, 4) is 11.5 Å². The van der Waals surface area contributed by atoms with E-state index in [0.717, 1.165) is 5.56 Å². The SMILES string of the molecule is CC(C)(C)c1ccc(C2CC(=O)c3c(O)cccc3O2)cc1. The number of phenolic OH excluding ortho intramolecular Hbond substituents is 1. The van der Waals surface area contributed by atoms with Crippen LogP contribution in [0.15, 0.2) is 42.5 Å². The number of aromatic hydroxyl groups is 1. The highest BCUT2D eigenvalue weighted by molar-refractivity contribution is 6.02. The third kappa shape index (κ3) is 2.59. The van der Waals surface area contributed by atoms with E-state index < -0.39 is 0 Å². The summed E-state index contributed by atoms with van der Waals surface area (Å²) in [6.07, 6.45) is -0.0461. The van der Waals surface area contributed by atoms with Gasteiger partial charge in [0.05, 0.1) is 6.42 Å². The second-order valence-corrected chi connectivity index (χ2v) is 6.76. The number of ketones is 1. The van der Waals surface area contributed by atoms with Crippen LogP contribution < -0.4 is 4.74 Å². The number of carbonyl (C=O) groups excluding carboxylic acids is 1. The molecule has 0 saturated heterocycles. The van der Waals surface area contributed by atoms with Crippen LogP contribution in [0.1, 0.15) is 54.8 Å². The van der Waals surface area contributed by atoms with E-state index in [4.69, 9.17) is 4.74 Å². The Morgan fingerprint density at radius 3 is 2.41 bits per heavy atom. The second-order valence-electron chi connectivity index (χ2n) is 6.76. The molecular weight excluding hydrogens is 276 g/mol. The molecule has 3 heteroatoms. The number of hydrogen-bond acceptors (Lipinski definition) is 3. The average molecular weight is 296 g/mol. The first-order valence-electron chi connectivity index (χ1n) is 7.48. The molecule has 2 aromatic carbocycles. The third-order valence-corrected chi connectivity index (χ3v) is 4.07. The molecule has 1 unspecified atom stereocenters. The number of Topliss-reactive ketones (excluding diaryl/α,β-unsaturated/α-hetero) is 1. The average Bonchev–Trinajstić information content (AvgIpc) is 2.46. The molecule has 114 valence electrons.